The first kappa shape index (κ1) is 18.4. The molecular formula is C20H22N6O. The van der Waals surface area contributed by atoms with Gasteiger partial charge in [0, 0.05) is 36.5 Å². The number of rotatable bonds is 4. The number of phenolic OH excluding ortho intramolecular Hbond substituents is 1. The summed E-state index contributed by atoms with van der Waals surface area (Å²) in [6.45, 7) is 2.50. The SMILES string of the molecule is Cc1c(-c2cnn(C)c2)nc(N)c(C#N)c1-c1ccc(O)c(CN(C)C)c1. The number of hydrogen-bond donors (Lipinski definition) is 2. The molecule has 3 N–H and O–H groups in total. The van der Waals surface area contributed by atoms with Gasteiger partial charge in [0.25, 0.3) is 0 Å². The van der Waals surface area contributed by atoms with Crippen LogP contribution in [0.3, 0.4) is 0 Å². The minimum atomic E-state index is 0.180. The fourth-order valence-corrected chi connectivity index (χ4v) is 3.20. The summed E-state index contributed by atoms with van der Waals surface area (Å²) in [6.07, 6.45) is 3.58. The molecule has 3 rings (SSSR count). The molecule has 0 bridgehead atoms. The van der Waals surface area contributed by atoms with Gasteiger partial charge in [0.05, 0.1) is 11.9 Å². The lowest BCUT2D eigenvalue weighted by atomic mass is 9.92. The average Bonchev–Trinajstić information content (AvgIpc) is 3.04. The van der Waals surface area contributed by atoms with Crippen molar-refractivity contribution in [2.75, 3.05) is 19.8 Å². The van der Waals surface area contributed by atoms with E-state index in [4.69, 9.17) is 5.73 Å². The van der Waals surface area contributed by atoms with E-state index < -0.39 is 0 Å². The Kier molecular flexibility index (Phi) is 4.84. The standard InChI is InChI=1S/C20H22N6O/c1-12-18(13-5-6-17(27)14(7-13)10-25(2)3)16(8-21)20(22)24-19(12)15-9-23-26(4)11-15/h5-7,9,11,27H,10H2,1-4H3,(H2,22,24). The normalized spacial score (nSPS) is 11.0. The van der Waals surface area contributed by atoms with Gasteiger partial charge in [0.15, 0.2) is 0 Å². The van der Waals surface area contributed by atoms with Crippen LogP contribution in [0.25, 0.3) is 22.4 Å². The van der Waals surface area contributed by atoms with Gasteiger partial charge in [0.1, 0.15) is 23.2 Å². The number of aryl methyl sites for hydroxylation is 1. The molecule has 0 aliphatic rings. The second kappa shape index (κ2) is 7.09. The molecule has 0 fully saturated rings. The molecule has 0 amide bonds. The predicted octanol–water partition coefficient (Wildman–Crippen LogP) is 2.68. The molecule has 2 heterocycles. The van der Waals surface area contributed by atoms with E-state index in [1.54, 1.807) is 23.0 Å². The van der Waals surface area contributed by atoms with E-state index in [1.807, 2.05) is 45.2 Å². The predicted molar refractivity (Wildman–Crippen MR) is 105 cm³/mol. The number of phenols is 1. The third kappa shape index (κ3) is 3.48. The quantitative estimate of drug-likeness (QED) is 0.739. The number of nitrogens with two attached hydrogens (primary N) is 1. The summed E-state index contributed by atoms with van der Waals surface area (Å²) in [4.78, 5) is 6.42. The van der Waals surface area contributed by atoms with Crippen molar-refractivity contribution in [2.45, 2.75) is 13.5 Å². The summed E-state index contributed by atoms with van der Waals surface area (Å²) in [7, 11) is 5.70. The summed E-state index contributed by atoms with van der Waals surface area (Å²) >= 11 is 0. The molecule has 0 saturated carbocycles. The van der Waals surface area contributed by atoms with Crippen LogP contribution in [0.1, 0.15) is 16.7 Å². The lowest BCUT2D eigenvalue weighted by Gasteiger charge is -2.17. The smallest absolute Gasteiger partial charge is 0.142 e. The Morgan fingerprint density at radius 3 is 2.63 bits per heavy atom. The van der Waals surface area contributed by atoms with E-state index in [2.05, 4.69) is 16.2 Å². The maximum Gasteiger partial charge on any atom is 0.142 e. The highest BCUT2D eigenvalue weighted by molar-refractivity contribution is 5.84. The van der Waals surface area contributed by atoms with Gasteiger partial charge in [-0.2, -0.15) is 10.4 Å². The molecule has 0 unspecified atom stereocenters. The van der Waals surface area contributed by atoms with Gasteiger partial charge in [-0.15, -0.1) is 0 Å². The van der Waals surface area contributed by atoms with Crippen LogP contribution in [0.2, 0.25) is 0 Å². The molecule has 0 aliphatic carbocycles. The van der Waals surface area contributed by atoms with Gasteiger partial charge in [-0.05, 0) is 44.3 Å². The Hall–Kier alpha value is -3.37. The van der Waals surface area contributed by atoms with Gasteiger partial charge in [-0.3, -0.25) is 4.68 Å². The lowest BCUT2D eigenvalue weighted by molar-refractivity contribution is 0.386. The van der Waals surface area contributed by atoms with Crippen LogP contribution < -0.4 is 5.73 Å². The largest absolute Gasteiger partial charge is 0.508 e. The molecule has 1 aromatic carbocycles. The number of benzene rings is 1. The zero-order valence-corrected chi connectivity index (χ0v) is 15.9. The van der Waals surface area contributed by atoms with Crippen LogP contribution in [0, 0.1) is 18.3 Å². The van der Waals surface area contributed by atoms with E-state index in [0.29, 0.717) is 17.8 Å². The monoisotopic (exact) mass is 362 g/mol. The van der Waals surface area contributed by atoms with E-state index >= 15 is 0 Å². The van der Waals surface area contributed by atoms with Crippen LogP contribution in [0.4, 0.5) is 5.82 Å². The molecule has 0 spiro atoms. The van der Waals surface area contributed by atoms with E-state index in [-0.39, 0.29) is 11.6 Å². The number of aromatic nitrogens is 3. The number of nitrogen functional groups attached to an aromatic ring is 1. The average molecular weight is 362 g/mol. The maximum atomic E-state index is 10.2. The van der Waals surface area contributed by atoms with Crippen molar-refractivity contribution in [3.05, 3.63) is 47.3 Å². The second-order valence-corrected chi connectivity index (χ2v) is 6.82. The van der Waals surface area contributed by atoms with Gasteiger partial charge in [0.2, 0.25) is 0 Å². The van der Waals surface area contributed by atoms with Crippen molar-refractivity contribution in [2.24, 2.45) is 7.05 Å². The fraction of sp³-hybridized carbons (Fsp3) is 0.250. The van der Waals surface area contributed by atoms with Gasteiger partial charge < -0.3 is 15.7 Å². The molecule has 138 valence electrons. The van der Waals surface area contributed by atoms with Crippen molar-refractivity contribution in [3.8, 4) is 34.2 Å². The highest BCUT2D eigenvalue weighted by Crippen LogP contribution is 2.37. The number of hydrogen-bond acceptors (Lipinski definition) is 6. The highest BCUT2D eigenvalue weighted by atomic mass is 16.3. The van der Waals surface area contributed by atoms with Gasteiger partial charge in [-0.25, -0.2) is 4.98 Å². The first-order chi connectivity index (χ1) is 12.8. The number of nitrogens with zero attached hydrogens (tertiary/aromatic N) is 5. The topological polar surface area (TPSA) is 104 Å². The molecule has 0 saturated heterocycles. The number of nitriles is 1. The summed E-state index contributed by atoms with van der Waals surface area (Å²) < 4.78 is 1.69. The third-order valence-electron chi connectivity index (χ3n) is 4.41. The van der Waals surface area contributed by atoms with Gasteiger partial charge >= 0.3 is 0 Å². The summed E-state index contributed by atoms with van der Waals surface area (Å²) in [6, 6.07) is 7.52. The number of pyridine rings is 1. The Morgan fingerprint density at radius 2 is 2.04 bits per heavy atom. The summed E-state index contributed by atoms with van der Waals surface area (Å²) in [5, 5.41) is 24.1. The fourth-order valence-electron chi connectivity index (χ4n) is 3.20. The first-order valence-corrected chi connectivity index (χ1v) is 8.48. The van der Waals surface area contributed by atoms with E-state index in [0.717, 1.165) is 27.8 Å². The lowest BCUT2D eigenvalue weighted by Crippen LogP contribution is -2.11. The van der Waals surface area contributed by atoms with Gasteiger partial charge in [-0.1, -0.05) is 6.07 Å². The molecule has 3 aromatic rings. The molecule has 2 aromatic heterocycles. The van der Waals surface area contributed by atoms with Crippen molar-refractivity contribution in [3.63, 3.8) is 0 Å². The Balaban J connectivity index is 2.26. The van der Waals surface area contributed by atoms with Crippen molar-refractivity contribution in [1.82, 2.24) is 19.7 Å². The van der Waals surface area contributed by atoms with E-state index in [1.165, 1.54) is 0 Å². The van der Waals surface area contributed by atoms with Crippen LogP contribution in [-0.2, 0) is 13.6 Å². The van der Waals surface area contributed by atoms with E-state index in [9.17, 15) is 10.4 Å². The Morgan fingerprint density at radius 1 is 1.30 bits per heavy atom. The maximum absolute atomic E-state index is 10.2. The summed E-state index contributed by atoms with van der Waals surface area (Å²) in [5.74, 6) is 0.400. The van der Waals surface area contributed by atoms with Crippen LogP contribution in [0.15, 0.2) is 30.6 Å². The van der Waals surface area contributed by atoms with Crippen molar-refractivity contribution < 1.29 is 5.11 Å². The second-order valence-electron chi connectivity index (χ2n) is 6.82. The van der Waals surface area contributed by atoms with Crippen LogP contribution in [0.5, 0.6) is 5.75 Å². The molecule has 0 aliphatic heterocycles. The first-order valence-electron chi connectivity index (χ1n) is 8.48. The minimum absolute atomic E-state index is 0.180. The molecule has 0 radical (unpaired) electrons. The zero-order chi connectivity index (χ0) is 19.7. The number of aromatic hydroxyl groups is 1. The van der Waals surface area contributed by atoms with Crippen molar-refractivity contribution >= 4 is 5.82 Å². The Labute approximate surface area is 158 Å². The Bertz CT molecular complexity index is 1050. The molecule has 0 atom stereocenters. The zero-order valence-electron chi connectivity index (χ0n) is 15.9. The number of anilines is 1. The molecular weight excluding hydrogens is 340 g/mol. The third-order valence-corrected chi connectivity index (χ3v) is 4.41. The van der Waals surface area contributed by atoms with Crippen molar-refractivity contribution in [1.29, 1.82) is 5.26 Å². The highest BCUT2D eigenvalue weighted by Gasteiger charge is 2.20. The summed E-state index contributed by atoms with van der Waals surface area (Å²) in [5.41, 5.74) is 11.1. The van der Waals surface area contributed by atoms with Crippen LogP contribution >= 0.6 is 0 Å². The minimum Gasteiger partial charge on any atom is -0.508 e. The molecule has 27 heavy (non-hydrogen) atoms. The molecule has 7 heteroatoms. The van der Waals surface area contributed by atoms with Crippen LogP contribution in [-0.4, -0.2) is 38.9 Å². The molecule has 7 nitrogen and oxygen atoms in total.